The Morgan fingerprint density at radius 3 is 2.04 bits per heavy atom. The van der Waals surface area contributed by atoms with Crippen molar-refractivity contribution in [3.63, 3.8) is 0 Å². The van der Waals surface area contributed by atoms with Gasteiger partial charge in [0.1, 0.15) is 0 Å². The quantitative estimate of drug-likeness (QED) is 0.772. The van der Waals surface area contributed by atoms with Crippen molar-refractivity contribution in [2.75, 3.05) is 5.32 Å². The van der Waals surface area contributed by atoms with Crippen LogP contribution in [0.15, 0.2) is 18.2 Å². The lowest BCUT2D eigenvalue weighted by molar-refractivity contribution is -0.691. The minimum absolute atomic E-state index is 0.0407. The third-order valence-corrected chi connectivity index (χ3v) is 5.65. The highest BCUT2D eigenvalue weighted by molar-refractivity contribution is 7.11. The van der Waals surface area contributed by atoms with Crippen molar-refractivity contribution in [3.05, 3.63) is 44.9 Å². The van der Waals surface area contributed by atoms with E-state index in [-0.39, 0.29) is 5.91 Å². The van der Waals surface area contributed by atoms with Crippen molar-refractivity contribution in [3.8, 4) is 0 Å². The molecule has 0 unspecified atom stereocenters. The van der Waals surface area contributed by atoms with Gasteiger partial charge in [0.2, 0.25) is 11.6 Å². The van der Waals surface area contributed by atoms with Crippen LogP contribution in [0, 0.1) is 20.8 Å². The lowest BCUT2D eigenvalue weighted by Crippen LogP contribution is -2.43. The molecule has 1 aromatic carbocycles. The Morgan fingerprint density at radius 2 is 1.62 bits per heavy atom. The van der Waals surface area contributed by atoms with Crippen molar-refractivity contribution >= 4 is 22.9 Å². The zero-order chi connectivity index (χ0) is 18.0. The van der Waals surface area contributed by atoms with Crippen molar-refractivity contribution in [2.24, 2.45) is 0 Å². The van der Waals surface area contributed by atoms with E-state index in [2.05, 4.69) is 76.5 Å². The van der Waals surface area contributed by atoms with Crippen LogP contribution < -0.4 is 9.88 Å². The number of aromatic nitrogens is 1. The molecule has 2 aromatic rings. The van der Waals surface area contributed by atoms with E-state index in [1.54, 1.807) is 11.3 Å². The summed E-state index contributed by atoms with van der Waals surface area (Å²) in [5.74, 6) is 0.788. The van der Waals surface area contributed by atoms with Gasteiger partial charge in [-0.15, -0.1) is 0 Å². The van der Waals surface area contributed by atoms with E-state index in [1.807, 2.05) is 0 Å². The van der Waals surface area contributed by atoms with Crippen LogP contribution in [0.25, 0.3) is 0 Å². The van der Waals surface area contributed by atoms with E-state index in [4.69, 9.17) is 0 Å². The van der Waals surface area contributed by atoms with Gasteiger partial charge < -0.3 is 5.32 Å². The van der Waals surface area contributed by atoms with Crippen molar-refractivity contribution < 1.29 is 9.36 Å². The molecule has 0 saturated heterocycles. The molecule has 2 rings (SSSR count). The lowest BCUT2D eigenvalue weighted by atomic mass is 9.92. The maximum Gasteiger partial charge on any atom is 0.290 e. The zero-order valence-corrected chi connectivity index (χ0v) is 16.7. The number of benzene rings is 1. The molecule has 0 aliphatic rings. The number of para-hydroxylation sites is 1. The van der Waals surface area contributed by atoms with E-state index in [1.165, 1.54) is 26.7 Å². The van der Waals surface area contributed by atoms with E-state index in [0.29, 0.717) is 18.4 Å². The molecule has 0 aliphatic carbocycles. The lowest BCUT2D eigenvalue weighted by Gasteiger charge is -2.19. The average Bonchev–Trinajstić information content (AvgIpc) is 2.73. The molecule has 0 spiro atoms. The molecule has 4 heteroatoms. The Balaban J connectivity index is 2.31. The fourth-order valence-corrected chi connectivity index (χ4v) is 4.04. The first-order chi connectivity index (χ1) is 11.2. The van der Waals surface area contributed by atoms with Gasteiger partial charge in [-0.05, 0) is 29.9 Å². The number of hydrogen-bond acceptors (Lipinski definition) is 2. The standard InChI is InChI=1S/C20H28N2OS/c1-12(2)17-9-8-10-18(13(3)4)20(17)21-19(23)11-22-14(5)15(6)24-16(22)7/h8-10,12-13H,11H2,1-7H3/p+1. The SMILES string of the molecule is Cc1sc(C)[n+](CC(=O)Nc2c(C(C)C)cccc2C(C)C)c1C. The number of aryl methyl sites for hydroxylation is 2. The van der Waals surface area contributed by atoms with E-state index in [9.17, 15) is 4.79 Å². The summed E-state index contributed by atoms with van der Waals surface area (Å²) in [5.41, 5.74) is 4.58. The van der Waals surface area contributed by atoms with Gasteiger partial charge in [0, 0.05) is 19.5 Å². The highest BCUT2D eigenvalue weighted by atomic mass is 32.1. The minimum Gasteiger partial charge on any atom is -0.320 e. The molecule has 1 N–H and O–H groups in total. The molecule has 130 valence electrons. The molecule has 0 bridgehead atoms. The molecule has 0 atom stereocenters. The second-order valence-corrected chi connectivity index (χ2v) is 8.43. The fraction of sp³-hybridized carbons (Fsp3) is 0.500. The van der Waals surface area contributed by atoms with Crippen LogP contribution in [0.2, 0.25) is 0 Å². The predicted octanol–water partition coefficient (Wildman–Crippen LogP) is 4.85. The summed E-state index contributed by atoms with van der Waals surface area (Å²) in [6.45, 7) is 15.3. The molecule has 24 heavy (non-hydrogen) atoms. The topological polar surface area (TPSA) is 33.0 Å². The Hall–Kier alpha value is -1.68. The molecular weight excluding hydrogens is 316 g/mol. The second kappa shape index (κ2) is 7.47. The Bertz CT molecular complexity index is 718. The van der Waals surface area contributed by atoms with Crippen LogP contribution in [0.5, 0.6) is 0 Å². The van der Waals surface area contributed by atoms with Gasteiger partial charge in [-0.3, -0.25) is 4.79 Å². The number of anilines is 1. The molecule has 0 radical (unpaired) electrons. The molecule has 3 nitrogen and oxygen atoms in total. The summed E-state index contributed by atoms with van der Waals surface area (Å²) in [7, 11) is 0. The Labute approximate surface area is 149 Å². The van der Waals surface area contributed by atoms with Crippen molar-refractivity contribution in [1.82, 2.24) is 0 Å². The highest BCUT2D eigenvalue weighted by Gasteiger charge is 2.22. The maximum absolute atomic E-state index is 12.7. The monoisotopic (exact) mass is 345 g/mol. The van der Waals surface area contributed by atoms with E-state index in [0.717, 1.165) is 5.69 Å². The van der Waals surface area contributed by atoms with Crippen LogP contribution >= 0.6 is 11.3 Å². The van der Waals surface area contributed by atoms with E-state index < -0.39 is 0 Å². The van der Waals surface area contributed by atoms with Crippen LogP contribution in [-0.2, 0) is 11.3 Å². The molecule has 0 fully saturated rings. The van der Waals surface area contributed by atoms with Gasteiger partial charge in [-0.2, -0.15) is 4.57 Å². The number of nitrogens with one attached hydrogen (secondary N) is 1. The Morgan fingerprint density at radius 1 is 1.08 bits per heavy atom. The summed E-state index contributed by atoms with van der Waals surface area (Å²) < 4.78 is 2.10. The predicted molar refractivity (Wildman–Crippen MR) is 102 cm³/mol. The molecule has 1 amide bonds. The van der Waals surface area contributed by atoms with Gasteiger partial charge in [0.05, 0.1) is 4.88 Å². The fourth-order valence-electron chi connectivity index (χ4n) is 3.02. The summed E-state index contributed by atoms with van der Waals surface area (Å²) in [5, 5.41) is 4.37. The number of rotatable bonds is 5. The maximum atomic E-state index is 12.7. The van der Waals surface area contributed by atoms with Gasteiger partial charge in [0.25, 0.3) is 5.91 Å². The van der Waals surface area contributed by atoms with Gasteiger partial charge in [-0.1, -0.05) is 57.2 Å². The largest absolute Gasteiger partial charge is 0.320 e. The molecular formula is C20H29N2OS+. The summed E-state index contributed by atoms with van der Waals surface area (Å²) >= 11 is 1.74. The Kier molecular flexibility index (Phi) is 5.81. The number of amides is 1. The van der Waals surface area contributed by atoms with Gasteiger partial charge in [-0.25, -0.2) is 0 Å². The average molecular weight is 346 g/mol. The van der Waals surface area contributed by atoms with Crippen LogP contribution in [0.4, 0.5) is 5.69 Å². The molecule has 1 aromatic heterocycles. The second-order valence-electron chi connectivity index (χ2n) is 7.02. The van der Waals surface area contributed by atoms with Gasteiger partial charge in [0.15, 0.2) is 5.69 Å². The first kappa shape index (κ1) is 18.7. The number of carbonyl (C=O) groups excluding carboxylic acids is 1. The smallest absolute Gasteiger partial charge is 0.290 e. The summed E-state index contributed by atoms with van der Waals surface area (Å²) in [6.07, 6.45) is 0. The third kappa shape index (κ3) is 3.86. The van der Waals surface area contributed by atoms with E-state index >= 15 is 0 Å². The minimum atomic E-state index is 0.0407. The third-order valence-electron chi connectivity index (χ3n) is 4.53. The number of carbonyl (C=O) groups is 1. The first-order valence-electron chi connectivity index (χ1n) is 8.61. The van der Waals surface area contributed by atoms with Gasteiger partial charge >= 0.3 is 0 Å². The first-order valence-corrected chi connectivity index (χ1v) is 9.43. The highest BCUT2D eigenvalue weighted by Crippen LogP contribution is 2.32. The summed E-state index contributed by atoms with van der Waals surface area (Å²) in [4.78, 5) is 14.0. The van der Waals surface area contributed by atoms with Crippen LogP contribution in [-0.4, -0.2) is 5.91 Å². The molecule has 1 heterocycles. The number of hydrogen-bond donors (Lipinski definition) is 1. The number of nitrogens with zero attached hydrogens (tertiary/aromatic N) is 1. The van der Waals surface area contributed by atoms with Crippen molar-refractivity contribution in [1.29, 1.82) is 0 Å². The number of thiazole rings is 1. The molecule has 0 aliphatic heterocycles. The normalized spacial score (nSPS) is 11.4. The summed E-state index contributed by atoms with van der Waals surface area (Å²) in [6, 6.07) is 6.32. The zero-order valence-electron chi connectivity index (χ0n) is 15.9. The van der Waals surface area contributed by atoms with Crippen LogP contribution in [0.1, 0.15) is 66.2 Å². The van der Waals surface area contributed by atoms with Crippen LogP contribution in [0.3, 0.4) is 0 Å². The van der Waals surface area contributed by atoms with Crippen molar-refractivity contribution in [2.45, 2.75) is 66.8 Å². The molecule has 0 saturated carbocycles.